The summed E-state index contributed by atoms with van der Waals surface area (Å²) in [7, 11) is 0. The number of carbonyl (C=O) groups is 1. The van der Waals surface area contributed by atoms with Crippen LogP contribution in [0.5, 0.6) is 0 Å². The van der Waals surface area contributed by atoms with Gasteiger partial charge in [-0.25, -0.2) is 0 Å². The van der Waals surface area contributed by atoms with Crippen LogP contribution in [0.1, 0.15) is 5.76 Å². The number of hydrogen-bond donors (Lipinski definition) is 2. The smallest absolute Gasteiger partial charge is 0.270 e. The normalized spacial score (nSPS) is 16.0. The number of nitro benzene ring substituents is 1. The molecule has 0 unspecified atom stereocenters. The van der Waals surface area contributed by atoms with E-state index in [1.807, 2.05) is 0 Å². The van der Waals surface area contributed by atoms with E-state index in [0.717, 1.165) is 11.8 Å². The number of nitrogens with zero attached hydrogens (tertiary/aromatic N) is 1. The van der Waals surface area contributed by atoms with Gasteiger partial charge in [0.15, 0.2) is 5.17 Å². The van der Waals surface area contributed by atoms with Crippen LogP contribution in [0.25, 0.3) is 17.4 Å². The molecular formula is C14H8ClN3O4S. The summed E-state index contributed by atoms with van der Waals surface area (Å²) in [5.41, 5.74) is 0.406. The maximum absolute atomic E-state index is 11.6. The maximum atomic E-state index is 11.6. The Morgan fingerprint density at radius 1 is 1.35 bits per heavy atom. The van der Waals surface area contributed by atoms with Gasteiger partial charge < -0.3 is 9.73 Å². The predicted octanol–water partition coefficient (Wildman–Crippen LogP) is 3.65. The standard InChI is InChI=1S/C14H8ClN3O4S/c15-10-5-7(18(20)21)1-3-9(10)11-4-2-8(22-11)6-12-13(19)17-14(16)23-12/h1-6H,(H2,16,17,19). The molecule has 1 aromatic carbocycles. The van der Waals surface area contributed by atoms with Gasteiger partial charge in [0.2, 0.25) is 0 Å². The van der Waals surface area contributed by atoms with Gasteiger partial charge in [0, 0.05) is 23.8 Å². The highest BCUT2D eigenvalue weighted by atomic mass is 35.5. The number of carbonyl (C=O) groups excluding carboxylic acids is 1. The summed E-state index contributed by atoms with van der Waals surface area (Å²) in [4.78, 5) is 22.1. The van der Waals surface area contributed by atoms with Crippen LogP contribution in [-0.2, 0) is 4.79 Å². The summed E-state index contributed by atoms with van der Waals surface area (Å²) in [6.45, 7) is 0. The summed E-state index contributed by atoms with van der Waals surface area (Å²) in [6.07, 6.45) is 1.52. The lowest BCUT2D eigenvalue weighted by molar-refractivity contribution is -0.384. The highest BCUT2D eigenvalue weighted by Crippen LogP contribution is 2.33. The van der Waals surface area contributed by atoms with E-state index in [2.05, 4.69) is 5.32 Å². The zero-order chi connectivity index (χ0) is 16.6. The van der Waals surface area contributed by atoms with Crippen molar-refractivity contribution in [1.29, 1.82) is 5.41 Å². The molecular weight excluding hydrogens is 342 g/mol. The number of non-ortho nitro benzene ring substituents is 1. The molecule has 116 valence electrons. The highest BCUT2D eigenvalue weighted by molar-refractivity contribution is 8.18. The molecule has 9 heteroatoms. The number of rotatable bonds is 3. The minimum atomic E-state index is -0.529. The third kappa shape index (κ3) is 3.13. The molecule has 2 aromatic rings. The van der Waals surface area contributed by atoms with E-state index in [-0.39, 0.29) is 21.8 Å². The molecule has 0 aliphatic carbocycles. The van der Waals surface area contributed by atoms with Crippen LogP contribution in [0.15, 0.2) is 39.7 Å². The van der Waals surface area contributed by atoms with E-state index in [0.29, 0.717) is 22.0 Å². The van der Waals surface area contributed by atoms with Crippen LogP contribution in [-0.4, -0.2) is 16.0 Å². The minimum absolute atomic E-state index is 0.0615. The topological polar surface area (TPSA) is 109 Å². The molecule has 0 bridgehead atoms. The monoisotopic (exact) mass is 349 g/mol. The molecule has 2 N–H and O–H groups in total. The molecule has 1 amide bonds. The molecule has 1 aliphatic heterocycles. The van der Waals surface area contributed by atoms with Gasteiger partial charge in [-0.1, -0.05) is 11.6 Å². The van der Waals surface area contributed by atoms with Crippen LogP contribution in [0, 0.1) is 15.5 Å². The summed E-state index contributed by atoms with van der Waals surface area (Å²) >= 11 is 7.06. The third-order valence-electron chi connectivity index (χ3n) is 2.99. The Hall–Kier alpha value is -2.58. The minimum Gasteiger partial charge on any atom is -0.457 e. The Kier molecular flexibility index (Phi) is 3.93. The first-order valence-electron chi connectivity index (χ1n) is 6.27. The first-order valence-corrected chi connectivity index (χ1v) is 7.47. The SMILES string of the molecule is N=C1NC(=O)C(=Cc2ccc(-c3ccc([N+](=O)[O-])cc3Cl)o2)S1. The van der Waals surface area contributed by atoms with Gasteiger partial charge in [-0.2, -0.15) is 0 Å². The number of halogens is 1. The van der Waals surface area contributed by atoms with Crippen molar-refractivity contribution >= 4 is 46.2 Å². The van der Waals surface area contributed by atoms with Crippen molar-refractivity contribution in [3.63, 3.8) is 0 Å². The molecule has 1 aliphatic rings. The van der Waals surface area contributed by atoms with Crippen molar-refractivity contribution in [3.05, 3.63) is 56.1 Å². The number of furan rings is 1. The van der Waals surface area contributed by atoms with Crippen molar-refractivity contribution in [2.45, 2.75) is 0 Å². The Morgan fingerprint density at radius 2 is 2.13 bits per heavy atom. The van der Waals surface area contributed by atoms with E-state index >= 15 is 0 Å². The fraction of sp³-hybridized carbons (Fsp3) is 0. The van der Waals surface area contributed by atoms with Crippen LogP contribution in [0.4, 0.5) is 5.69 Å². The molecule has 7 nitrogen and oxygen atoms in total. The quantitative estimate of drug-likeness (QED) is 0.499. The van der Waals surface area contributed by atoms with E-state index < -0.39 is 4.92 Å². The number of nitro groups is 1. The second-order valence-corrected chi connectivity index (χ2v) is 5.98. The Balaban J connectivity index is 1.91. The van der Waals surface area contributed by atoms with E-state index in [9.17, 15) is 14.9 Å². The summed E-state index contributed by atoms with van der Waals surface area (Å²) in [5, 5.41) is 20.7. The summed E-state index contributed by atoms with van der Waals surface area (Å²) in [5.74, 6) is 0.489. The number of amidine groups is 1. The first-order chi connectivity index (χ1) is 10.9. The lowest BCUT2D eigenvalue weighted by Crippen LogP contribution is -2.18. The van der Waals surface area contributed by atoms with Gasteiger partial charge in [-0.3, -0.25) is 20.3 Å². The van der Waals surface area contributed by atoms with Crippen molar-refractivity contribution in [3.8, 4) is 11.3 Å². The second kappa shape index (κ2) is 5.90. The highest BCUT2D eigenvalue weighted by Gasteiger charge is 2.23. The van der Waals surface area contributed by atoms with Crippen molar-refractivity contribution in [2.24, 2.45) is 0 Å². The zero-order valence-electron chi connectivity index (χ0n) is 11.3. The average Bonchev–Trinajstić information content (AvgIpc) is 3.06. The number of thioether (sulfide) groups is 1. The lowest BCUT2D eigenvalue weighted by atomic mass is 10.1. The van der Waals surface area contributed by atoms with Crippen LogP contribution in [0.2, 0.25) is 5.02 Å². The number of amides is 1. The summed E-state index contributed by atoms with van der Waals surface area (Å²) in [6, 6.07) is 7.39. The molecule has 1 aromatic heterocycles. The largest absolute Gasteiger partial charge is 0.457 e. The molecule has 0 spiro atoms. The number of nitrogens with one attached hydrogen (secondary N) is 2. The number of benzene rings is 1. The fourth-order valence-corrected chi connectivity index (χ4v) is 2.91. The van der Waals surface area contributed by atoms with E-state index in [4.69, 9.17) is 21.4 Å². The average molecular weight is 350 g/mol. The Bertz CT molecular complexity index is 875. The van der Waals surface area contributed by atoms with Gasteiger partial charge in [-0.15, -0.1) is 0 Å². The second-order valence-electron chi connectivity index (χ2n) is 4.52. The molecule has 2 heterocycles. The molecule has 0 radical (unpaired) electrons. The molecule has 23 heavy (non-hydrogen) atoms. The molecule has 0 atom stereocenters. The van der Waals surface area contributed by atoms with Gasteiger partial charge in [0.1, 0.15) is 11.5 Å². The fourth-order valence-electron chi connectivity index (χ4n) is 1.96. The van der Waals surface area contributed by atoms with Crippen LogP contribution < -0.4 is 5.32 Å². The third-order valence-corrected chi connectivity index (χ3v) is 4.13. The predicted molar refractivity (Wildman–Crippen MR) is 87.2 cm³/mol. The molecule has 3 rings (SSSR count). The van der Waals surface area contributed by atoms with Crippen LogP contribution in [0.3, 0.4) is 0 Å². The van der Waals surface area contributed by atoms with Crippen LogP contribution >= 0.6 is 23.4 Å². The molecule has 1 saturated heterocycles. The van der Waals surface area contributed by atoms with E-state index in [1.165, 1.54) is 24.3 Å². The maximum Gasteiger partial charge on any atom is 0.270 e. The van der Waals surface area contributed by atoms with Gasteiger partial charge in [0.05, 0.1) is 14.9 Å². The van der Waals surface area contributed by atoms with Crippen molar-refractivity contribution < 1.29 is 14.1 Å². The van der Waals surface area contributed by atoms with Gasteiger partial charge >= 0.3 is 0 Å². The van der Waals surface area contributed by atoms with Crippen molar-refractivity contribution in [1.82, 2.24) is 5.32 Å². The Labute approximate surface area is 139 Å². The zero-order valence-corrected chi connectivity index (χ0v) is 12.9. The van der Waals surface area contributed by atoms with E-state index in [1.54, 1.807) is 12.1 Å². The molecule has 1 fully saturated rings. The van der Waals surface area contributed by atoms with Crippen molar-refractivity contribution in [2.75, 3.05) is 0 Å². The molecule has 0 saturated carbocycles. The lowest BCUT2D eigenvalue weighted by Gasteiger charge is -2.00. The summed E-state index contributed by atoms with van der Waals surface area (Å²) < 4.78 is 5.60. The first kappa shape index (κ1) is 15.3. The van der Waals surface area contributed by atoms with Gasteiger partial charge in [-0.05, 0) is 30.0 Å². The van der Waals surface area contributed by atoms with Gasteiger partial charge in [0.25, 0.3) is 11.6 Å². The Morgan fingerprint density at radius 3 is 2.74 bits per heavy atom. The number of hydrogen-bond acceptors (Lipinski definition) is 6.